The van der Waals surface area contributed by atoms with E-state index in [0.717, 1.165) is 48.9 Å². The van der Waals surface area contributed by atoms with Crippen LogP contribution in [0.25, 0.3) is 0 Å². The molecule has 3 rings (SSSR count). The second kappa shape index (κ2) is 9.71. The fraction of sp³-hybridized carbons (Fsp3) is 0.520. The van der Waals surface area contributed by atoms with Gasteiger partial charge in [0.2, 0.25) is 0 Å². The lowest BCUT2D eigenvalue weighted by molar-refractivity contribution is 0.0660. The first-order valence-electron chi connectivity index (χ1n) is 10.8. The summed E-state index contributed by atoms with van der Waals surface area (Å²) in [5.41, 5.74) is 3.66. The van der Waals surface area contributed by atoms with Crippen LogP contribution in [-0.4, -0.2) is 62.6 Å². The van der Waals surface area contributed by atoms with Gasteiger partial charge in [-0.1, -0.05) is 45.0 Å². The average molecular weight is 413 g/mol. The van der Waals surface area contributed by atoms with Crippen LogP contribution in [0.3, 0.4) is 0 Å². The highest BCUT2D eigenvalue weighted by Gasteiger charge is 2.22. The number of ether oxygens (including phenoxy) is 2. The van der Waals surface area contributed by atoms with Gasteiger partial charge in [-0.25, -0.2) is 0 Å². The van der Waals surface area contributed by atoms with E-state index in [4.69, 9.17) is 9.47 Å². The first-order chi connectivity index (χ1) is 14.3. The summed E-state index contributed by atoms with van der Waals surface area (Å²) in [5.74, 6) is 1.76. The largest absolute Gasteiger partial charge is 0.495 e. The van der Waals surface area contributed by atoms with Crippen molar-refractivity contribution in [2.45, 2.75) is 39.2 Å². The molecule has 1 aliphatic heterocycles. The van der Waals surface area contributed by atoms with Gasteiger partial charge in [0.25, 0.3) is 0 Å². The first-order valence-corrected chi connectivity index (χ1v) is 10.8. The van der Waals surface area contributed by atoms with Crippen LogP contribution in [0.5, 0.6) is 11.5 Å². The molecule has 0 bridgehead atoms. The van der Waals surface area contributed by atoms with Gasteiger partial charge >= 0.3 is 0 Å². The molecule has 0 radical (unpaired) electrons. The zero-order valence-corrected chi connectivity index (χ0v) is 19.0. The monoisotopic (exact) mass is 412 g/mol. The molecule has 1 N–H and O–H groups in total. The van der Waals surface area contributed by atoms with E-state index in [1.54, 1.807) is 7.11 Å². The van der Waals surface area contributed by atoms with Crippen LogP contribution < -0.4 is 14.4 Å². The summed E-state index contributed by atoms with van der Waals surface area (Å²) in [6, 6.07) is 14.5. The van der Waals surface area contributed by atoms with Crippen molar-refractivity contribution < 1.29 is 14.6 Å². The predicted octanol–water partition coefficient (Wildman–Crippen LogP) is 3.86. The number of hydrogen-bond donors (Lipinski definition) is 1. The van der Waals surface area contributed by atoms with Crippen LogP contribution in [0.1, 0.15) is 31.9 Å². The second-order valence-electron chi connectivity index (χ2n) is 9.15. The molecule has 5 nitrogen and oxygen atoms in total. The second-order valence-corrected chi connectivity index (χ2v) is 9.15. The summed E-state index contributed by atoms with van der Waals surface area (Å²) in [6.45, 7) is 13.3. The van der Waals surface area contributed by atoms with E-state index >= 15 is 0 Å². The van der Waals surface area contributed by atoms with Crippen molar-refractivity contribution in [2.24, 2.45) is 0 Å². The Morgan fingerprint density at radius 1 is 1.00 bits per heavy atom. The molecule has 0 aromatic heterocycles. The Morgan fingerprint density at radius 3 is 2.33 bits per heavy atom. The smallest absolute Gasteiger partial charge is 0.142 e. The SMILES string of the molecule is COc1ccccc1N1CCN(CC(O)COc2ccc(C(C)(C)C)cc2C)CC1. The predicted molar refractivity (Wildman–Crippen MR) is 123 cm³/mol. The summed E-state index contributed by atoms with van der Waals surface area (Å²) in [7, 11) is 1.71. The van der Waals surface area contributed by atoms with E-state index in [2.05, 4.69) is 55.7 Å². The molecule has 1 heterocycles. The van der Waals surface area contributed by atoms with E-state index in [1.807, 2.05) is 24.3 Å². The number of hydrogen-bond acceptors (Lipinski definition) is 5. The lowest BCUT2D eigenvalue weighted by Crippen LogP contribution is -2.49. The number of para-hydroxylation sites is 2. The Labute approximate surface area is 181 Å². The van der Waals surface area contributed by atoms with Crippen LogP contribution in [0, 0.1) is 6.92 Å². The van der Waals surface area contributed by atoms with E-state index in [9.17, 15) is 5.11 Å². The minimum absolute atomic E-state index is 0.120. The van der Waals surface area contributed by atoms with E-state index in [-0.39, 0.29) is 5.41 Å². The summed E-state index contributed by atoms with van der Waals surface area (Å²) < 4.78 is 11.4. The highest BCUT2D eigenvalue weighted by molar-refractivity contribution is 5.58. The van der Waals surface area contributed by atoms with Crippen molar-refractivity contribution in [1.29, 1.82) is 0 Å². The average Bonchev–Trinajstić information content (AvgIpc) is 2.72. The van der Waals surface area contributed by atoms with Crippen molar-refractivity contribution in [3.05, 3.63) is 53.6 Å². The number of anilines is 1. The molecule has 2 aromatic carbocycles. The van der Waals surface area contributed by atoms with Crippen LogP contribution in [-0.2, 0) is 5.41 Å². The maximum atomic E-state index is 10.5. The minimum atomic E-state index is -0.510. The van der Waals surface area contributed by atoms with Crippen LogP contribution >= 0.6 is 0 Å². The molecule has 30 heavy (non-hydrogen) atoms. The highest BCUT2D eigenvalue weighted by Crippen LogP contribution is 2.29. The minimum Gasteiger partial charge on any atom is -0.495 e. The first kappa shape index (κ1) is 22.4. The zero-order chi connectivity index (χ0) is 21.7. The molecular weight excluding hydrogens is 376 g/mol. The molecule has 1 saturated heterocycles. The van der Waals surface area contributed by atoms with Gasteiger partial charge in [0, 0.05) is 32.7 Å². The topological polar surface area (TPSA) is 45.2 Å². The van der Waals surface area contributed by atoms with Gasteiger partial charge in [-0.2, -0.15) is 0 Å². The molecule has 1 fully saturated rings. The fourth-order valence-corrected chi connectivity index (χ4v) is 3.88. The van der Waals surface area contributed by atoms with E-state index in [1.165, 1.54) is 5.56 Å². The van der Waals surface area contributed by atoms with Gasteiger partial charge in [-0.3, -0.25) is 4.90 Å². The molecule has 5 heteroatoms. The van der Waals surface area contributed by atoms with Crippen molar-refractivity contribution in [1.82, 2.24) is 4.90 Å². The molecule has 1 atom stereocenters. The molecular formula is C25H36N2O3. The molecule has 0 saturated carbocycles. The third-order valence-electron chi connectivity index (χ3n) is 5.74. The number of aliphatic hydroxyl groups is 1. The highest BCUT2D eigenvalue weighted by atomic mass is 16.5. The Kier molecular flexibility index (Phi) is 7.27. The fourth-order valence-electron chi connectivity index (χ4n) is 3.88. The maximum Gasteiger partial charge on any atom is 0.142 e. The number of methoxy groups -OCH3 is 1. The summed E-state index contributed by atoms with van der Waals surface area (Å²) in [6.07, 6.45) is -0.510. The molecule has 0 aliphatic carbocycles. The Balaban J connectivity index is 1.47. The van der Waals surface area contributed by atoms with Gasteiger partial charge in [0.15, 0.2) is 0 Å². The Hall–Kier alpha value is -2.24. The lowest BCUT2D eigenvalue weighted by Gasteiger charge is -2.37. The quantitative estimate of drug-likeness (QED) is 0.748. The third kappa shape index (κ3) is 5.67. The van der Waals surface area contributed by atoms with Crippen molar-refractivity contribution in [2.75, 3.05) is 51.3 Å². The molecule has 164 valence electrons. The number of rotatable bonds is 7. The summed E-state index contributed by atoms with van der Waals surface area (Å²) in [5, 5.41) is 10.5. The van der Waals surface area contributed by atoms with Gasteiger partial charge in [-0.05, 0) is 41.7 Å². The number of piperazine rings is 1. The number of β-amino-alcohol motifs (C(OH)–C–C–N with tert-alkyl or cyclic N) is 1. The maximum absolute atomic E-state index is 10.5. The summed E-state index contributed by atoms with van der Waals surface area (Å²) >= 11 is 0. The van der Waals surface area contributed by atoms with Gasteiger partial charge in [0.05, 0.1) is 12.8 Å². The molecule has 0 spiro atoms. The number of aliphatic hydroxyl groups excluding tert-OH is 1. The van der Waals surface area contributed by atoms with Gasteiger partial charge < -0.3 is 19.5 Å². The molecule has 2 aromatic rings. The van der Waals surface area contributed by atoms with Crippen molar-refractivity contribution in [3.8, 4) is 11.5 Å². The standard InChI is InChI=1S/C25H36N2O3/c1-19-16-20(25(2,3)4)10-11-23(19)30-18-21(28)17-26-12-14-27(15-13-26)22-8-6-7-9-24(22)29-5/h6-11,16,21,28H,12-15,17-18H2,1-5H3. The van der Waals surface area contributed by atoms with E-state index in [0.29, 0.717) is 13.2 Å². The molecule has 0 amide bonds. The van der Waals surface area contributed by atoms with Crippen LogP contribution in [0.15, 0.2) is 42.5 Å². The number of aryl methyl sites for hydroxylation is 1. The Morgan fingerprint density at radius 2 is 1.70 bits per heavy atom. The third-order valence-corrected chi connectivity index (χ3v) is 5.74. The molecule has 1 unspecified atom stereocenters. The zero-order valence-electron chi connectivity index (χ0n) is 19.0. The lowest BCUT2D eigenvalue weighted by atomic mass is 9.86. The molecule has 1 aliphatic rings. The van der Waals surface area contributed by atoms with Gasteiger partial charge in [0.1, 0.15) is 24.2 Å². The van der Waals surface area contributed by atoms with Crippen LogP contribution in [0.2, 0.25) is 0 Å². The van der Waals surface area contributed by atoms with Crippen molar-refractivity contribution in [3.63, 3.8) is 0 Å². The normalized spacial score (nSPS) is 16.4. The van der Waals surface area contributed by atoms with Crippen molar-refractivity contribution >= 4 is 5.69 Å². The van der Waals surface area contributed by atoms with E-state index < -0.39 is 6.10 Å². The number of benzene rings is 2. The van der Waals surface area contributed by atoms with Crippen LogP contribution in [0.4, 0.5) is 5.69 Å². The van der Waals surface area contributed by atoms with Gasteiger partial charge in [-0.15, -0.1) is 0 Å². The number of nitrogens with zero attached hydrogens (tertiary/aromatic N) is 2. The Bertz CT molecular complexity index is 823. The summed E-state index contributed by atoms with van der Waals surface area (Å²) in [4.78, 5) is 4.65.